The second-order valence-corrected chi connectivity index (χ2v) is 3.54. The van der Waals surface area contributed by atoms with Crippen LogP contribution in [0.2, 0.25) is 5.02 Å². The first kappa shape index (κ1) is 10.2. The van der Waals surface area contributed by atoms with Gasteiger partial charge in [0.15, 0.2) is 0 Å². The largest absolute Gasteiger partial charge is 0.250 e. The molecule has 1 rings (SSSR count). The van der Waals surface area contributed by atoms with E-state index in [9.17, 15) is 4.39 Å². The van der Waals surface area contributed by atoms with E-state index in [1.807, 2.05) is 0 Å². The van der Waals surface area contributed by atoms with Crippen molar-refractivity contribution in [3.8, 4) is 0 Å². The number of halogens is 2. The Labute approximate surface area is 84.6 Å². The number of hydrogen-bond acceptors (Lipinski definition) is 3. The van der Waals surface area contributed by atoms with E-state index >= 15 is 0 Å². The van der Waals surface area contributed by atoms with Gasteiger partial charge in [0.25, 0.3) is 0 Å². The first-order valence-electron chi connectivity index (χ1n) is 3.22. The minimum Gasteiger partial charge on any atom is -0.250 e. The first-order chi connectivity index (χ1) is 5.75. The molecule has 1 N–H and O–H groups in total. The van der Waals surface area contributed by atoms with E-state index in [0.717, 1.165) is 11.0 Å². The van der Waals surface area contributed by atoms with Crippen LogP contribution in [0, 0.1) is 5.82 Å². The van der Waals surface area contributed by atoms with Gasteiger partial charge in [-0.1, -0.05) is 29.3 Å². The van der Waals surface area contributed by atoms with Crippen LogP contribution in [0.25, 0.3) is 0 Å². The molecule has 0 amide bonds. The third-order valence-electron chi connectivity index (χ3n) is 1.38. The number of hydrogen-bond donors (Lipinski definition) is 2. The summed E-state index contributed by atoms with van der Waals surface area (Å²) in [6, 6.07) is 4.62. The highest BCUT2D eigenvalue weighted by molar-refractivity contribution is 8.67. The minimum atomic E-state index is -0.294. The highest BCUT2D eigenvalue weighted by Gasteiger charge is 2.04. The minimum absolute atomic E-state index is 0.294. The van der Waals surface area contributed by atoms with Gasteiger partial charge in [0, 0.05) is 17.1 Å². The lowest BCUT2D eigenvalue weighted by Crippen LogP contribution is -2.03. The maximum absolute atomic E-state index is 13.0. The molecule has 0 aliphatic carbocycles. The molecule has 0 spiro atoms. The Morgan fingerprint density at radius 1 is 1.58 bits per heavy atom. The van der Waals surface area contributed by atoms with Crippen LogP contribution < -0.4 is 4.72 Å². The van der Waals surface area contributed by atoms with E-state index in [1.54, 1.807) is 12.1 Å². The van der Waals surface area contributed by atoms with Crippen LogP contribution >= 0.6 is 34.2 Å². The lowest BCUT2D eigenvalue weighted by molar-refractivity contribution is 0.608. The highest BCUT2D eigenvalue weighted by atomic mass is 35.5. The number of benzene rings is 1. The Hall–Kier alpha value is 0.1000. The lowest BCUT2D eigenvalue weighted by Gasteiger charge is -2.04. The van der Waals surface area contributed by atoms with Crippen molar-refractivity contribution in [1.82, 2.24) is 4.72 Å². The molecule has 0 heterocycles. The summed E-state index contributed by atoms with van der Waals surface area (Å²) in [5, 5.41) is 0.435. The molecule has 1 aromatic rings. The molecule has 5 heteroatoms. The second-order valence-electron chi connectivity index (χ2n) is 2.11. The molecule has 1 nitrogen and oxygen atoms in total. The fourth-order valence-electron chi connectivity index (χ4n) is 0.806. The molecule has 0 atom stereocenters. The summed E-state index contributed by atoms with van der Waals surface area (Å²) in [5.74, 6) is -0.294. The standard InChI is InChI=1S/C7H7ClFNS2/c8-6-2-1-3-7(9)5(6)4-10-12-11/h1-3,10-11H,4H2. The molecule has 12 heavy (non-hydrogen) atoms. The van der Waals surface area contributed by atoms with Gasteiger partial charge in [-0.05, 0) is 23.1 Å². The number of nitrogens with one attached hydrogen (secondary N) is 1. The van der Waals surface area contributed by atoms with Crippen LogP contribution in [-0.4, -0.2) is 0 Å². The van der Waals surface area contributed by atoms with Crippen LogP contribution in [0.15, 0.2) is 18.2 Å². The van der Waals surface area contributed by atoms with Crippen LogP contribution in [0.5, 0.6) is 0 Å². The third-order valence-corrected chi connectivity index (χ3v) is 2.39. The number of thiol groups is 1. The van der Waals surface area contributed by atoms with Crippen LogP contribution in [0.1, 0.15) is 5.56 Å². The van der Waals surface area contributed by atoms with Crippen molar-refractivity contribution >= 4 is 34.2 Å². The van der Waals surface area contributed by atoms with Crippen molar-refractivity contribution in [3.63, 3.8) is 0 Å². The van der Waals surface area contributed by atoms with Gasteiger partial charge >= 0.3 is 0 Å². The van der Waals surface area contributed by atoms with Crippen molar-refractivity contribution < 1.29 is 4.39 Å². The Morgan fingerprint density at radius 2 is 2.33 bits per heavy atom. The van der Waals surface area contributed by atoms with E-state index in [-0.39, 0.29) is 5.82 Å². The molecular formula is C7H7ClFNS2. The van der Waals surface area contributed by atoms with E-state index in [0.29, 0.717) is 17.1 Å². The molecule has 0 aliphatic heterocycles. The zero-order valence-corrected chi connectivity index (χ0v) is 8.52. The van der Waals surface area contributed by atoms with Crippen molar-refractivity contribution in [2.75, 3.05) is 0 Å². The van der Waals surface area contributed by atoms with Gasteiger partial charge in [-0.25, -0.2) is 4.39 Å². The molecule has 0 aliphatic rings. The van der Waals surface area contributed by atoms with Crippen LogP contribution in [0.4, 0.5) is 4.39 Å². The second kappa shape index (κ2) is 4.97. The van der Waals surface area contributed by atoms with Crippen molar-refractivity contribution in [1.29, 1.82) is 0 Å². The molecular weight excluding hydrogens is 217 g/mol. The summed E-state index contributed by atoms with van der Waals surface area (Å²) in [5.41, 5.74) is 0.473. The van der Waals surface area contributed by atoms with Crippen LogP contribution in [0.3, 0.4) is 0 Å². The summed E-state index contributed by atoms with van der Waals surface area (Å²) in [6.45, 7) is 0.375. The van der Waals surface area contributed by atoms with Crippen molar-refractivity contribution in [2.24, 2.45) is 0 Å². The van der Waals surface area contributed by atoms with Gasteiger partial charge in [-0.3, -0.25) is 4.72 Å². The lowest BCUT2D eigenvalue weighted by atomic mass is 10.2. The average molecular weight is 224 g/mol. The Kier molecular flexibility index (Phi) is 4.21. The van der Waals surface area contributed by atoms with E-state index in [1.165, 1.54) is 6.07 Å². The maximum atomic E-state index is 13.0. The molecule has 0 fully saturated rings. The van der Waals surface area contributed by atoms with Crippen molar-refractivity contribution in [3.05, 3.63) is 34.6 Å². The van der Waals surface area contributed by atoms with Gasteiger partial charge in [0.1, 0.15) is 5.82 Å². The topological polar surface area (TPSA) is 12.0 Å². The van der Waals surface area contributed by atoms with Crippen LogP contribution in [-0.2, 0) is 6.54 Å². The molecule has 66 valence electrons. The highest BCUT2D eigenvalue weighted by Crippen LogP contribution is 2.19. The predicted molar refractivity (Wildman–Crippen MR) is 54.8 cm³/mol. The summed E-state index contributed by atoms with van der Waals surface area (Å²) in [4.78, 5) is 0. The monoisotopic (exact) mass is 223 g/mol. The fourth-order valence-corrected chi connectivity index (χ4v) is 1.44. The van der Waals surface area contributed by atoms with E-state index in [4.69, 9.17) is 11.6 Å². The van der Waals surface area contributed by atoms with Gasteiger partial charge in [-0.15, -0.1) is 0 Å². The normalized spacial score (nSPS) is 10.2. The molecule has 1 aromatic carbocycles. The Morgan fingerprint density at radius 3 is 2.92 bits per heavy atom. The summed E-state index contributed by atoms with van der Waals surface area (Å²) >= 11 is 9.61. The predicted octanol–water partition coefficient (Wildman–Crippen LogP) is 3.06. The Balaban J connectivity index is 2.81. The average Bonchev–Trinajstić information content (AvgIpc) is 2.04. The fraction of sp³-hybridized carbons (Fsp3) is 0.143. The molecule has 0 aromatic heterocycles. The van der Waals surface area contributed by atoms with Gasteiger partial charge in [0.2, 0.25) is 0 Å². The maximum Gasteiger partial charge on any atom is 0.129 e. The summed E-state index contributed by atoms with van der Waals surface area (Å²) in [6.07, 6.45) is 0. The smallest absolute Gasteiger partial charge is 0.129 e. The molecule has 0 saturated heterocycles. The molecule has 0 bridgehead atoms. The van der Waals surface area contributed by atoms with E-state index in [2.05, 4.69) is 16.4 Å². The SMILES string of the molecule is Fc1cccc(Cl)c1CNSS. The zero-order chi connectivity index (χ0) is 8.97. The van der Waals surface area contributed by atoms with Gasteiger partial charge in [-0.2, -0.15) is 0 Å². The zero-order valence-electron chi connectivity index (χ0n) is 6.05. The number of rotatable bonds is 3. The van der Waals surface area contributed by atoms with Crippen molar-refractivity contribution in [2.45, 2.75) is 6.54 Å². The first-order valence-corrected chi connectivity index (χ1v) is 5.46. The molecule has 0 radical (unpaired) electrons. The third kappa shape index (κ3) is 2.55. The Bertz CT molecular complexity index is 249. The molecule has 0 saturated carbocycles. The van der Waals surface area contributed by atoms with E-state index < -0.39 is 0 Å². The quantitative estimate of drug-likeness (QED) is 0.464. The summed E-state index contributed by atoms with van der Waals surface area (Å²) in [7, 11) is 1.13. The van der Waals surface area contributed by atoms with Gasteiger partial charge < -0.3 is 0 Å². The van der Waals surface area contributed by atoms with Gasteiger partial charge in [0.05, 0.1) is 0 Å². The summed E-state index contributed by atoms with van der Waals surface area (Å²) < 4.78 is 15.8. The molecule has 0 unspecified atom stereocenters.